The first-order valence-corrected chi connectivity index (χ1v) is 8.71. The average Bonchev–Trinajstić information content (AvgIpc) is 2.60. The zero-order valence-corrected chi connectivity index (χ0v) is 15.7. The number of aromatic nitrogens is 3. The van der Waals surface area contributed by atoms with Crippen LogP contribution >= 0.6 is 23.2 Å². The van der Waals surface area contributed by atoms with E-state index in [-0.39, 0.29) is 6.10 Å². The second-order valence-corrected chi connectivity index (χ2v) is 6.52. The lowest BCUT2D eigenvalue weighted by Crippen LogP contribution is -2.05. The highest BCUT2D eigenvalue weighted by Crippen LogP contribution is 2.32. The molecule has 3 aromatic rings. The Morgan fingerprint density at radius 2 is 1.65 bits per heavy atom. The zero-order chi connectivity index (χ0) is 18.5. The Labute approximate surface area is 161 Å². The predicted octanol–water partition coefficient (Wildman–Crippen LogP) is 5.45. The molecule has 2 N–H and O–H groups in total. The van der Waals surface area contributed by atoms with Gasteiger partial charge in [-0.3, -0.25) is 0 Å². The van der Waals surface area contributed by atoms with Gasteiger partial charge in [0, 0.05) is 5.69 Å². The normalized spacial score (nSPS) is 10.7. The molecule has 8 heteroatoms. The first kappa shape index (κ1) is 18.2. The van der Waals surface area contributed by atoms with Crippen LogP contribution in [-0.2, 0) is 0 Å². The molecule has 0 saturated carbocycles. The summed E-state index contributed by atoms with van der Waals surface area (Å²) in [6.07, 6.45) is 1.62. The van der Waals surface area contributed by atoms with Crippen LogP contribution in [0.2, 0.25) is 10.0 Å². The third kappa shape index (κ3) is 4.74. The summed E-state index contributed by atoms with van der Waals surface area (Å²) in [5, 5.41) is 15.1. The van der Waals surface area contributed by atoms with E-state index in [1.54, 1.807) is 18.2 Å². The van der Waals surface area contributed by atoms with Crippen LogP contribution in [-0.4, -0.2) is 21.3 Å². The summed E-state index contributed by atoms with van der Waals surface area (Å²) in [6, 6.07) is 12.8. The van der Waals surface area contributed by atoms with E-state index < -0.39 is 0 Å². The van der Waals surface area contributed by atoms with Gasteiger partial charge in [-0.1, -0.05) is 29.3 Å². The first-order chi connectivity index (χ1) is 12.5. The lowest BCUT2D eigenvalue weighted by atomic mass is 10.3. The Bertz CT molecular complexity index is 867. The van der Waals surface area contributed by atoms with E-state index in [1.807, 2.05) is 38.1 Å². The molecule has 3 rings (SSSR count). The van der Waals surface area contributed by atoms with Crippen LogP contribution in [0.4, 0.5) is 23.1 Å². The number of nitrogens with zero attached hydrogens (tertiary/aromatic N) is 3. The lowest BCUT2D eigenvalue weighted by Gasteiger charge is -2.11. The monoisotopic (exact) mass is 389 g/mol. The van der Waals surface area contributed by atoms with Crippen LogP contribution in [0.15, 0.2) is 48.7 Å². The van der Waals surface area contributed by atoms with Gasteiger partial charge in [0.25, 0.3) is 0 Å². The molecule has 134 valence electrons. The molecule has 0 aliphatic rings. The van der Waals surface area contributed by atoms with Gasteiger partial charge >= 0.3 is 0 Å². The Hall–Kier alpha value is -2.57. The number of benzene rings is 2. The predicted molar refractivity (Wildman–Crippen MR) is 105 cm³/mol. The summed E-state index contributed by atoms with van der Waals surface area (Å²) < 4.78 is 5.62. The van der Waals surface area contributed by atoms with Crippen molar-refractivity contribution in [1.29, 1.82) is 0 Å². The van der Waals surface area contributed by atoms with Crippen molar-refractivity contribution in [3.63, 3.8) is 0 Å². The highest BCUT2D eigenvalue weighted by atomic mass is 35.5. The van der Waals surface area contributed by atoms with Crippen molar-refractivity contribution in [3.05, 3.63) is 58.7 Å². The van der Waals surface area contributed by atoms with Crippen molar-refractivity contribution < 1.29 is 4.74 Å². The molecule has 0 bridgehead atoms. The van der Waals surface area contributed by atoms with Crippen molar-refractivity contribution in [2.45, 2.75) is 20.0 Å². The summed E-state index contributed by atoms with van der Waals surface area (Å²) in [7, 11) is 0. The molecule has 2 aromatic carbocycles. The van der Waals surface area contributed by atoms with E-state index in [1.165, 1.54) is 6.20 Å². The SMILES string of the molecule is CC(C)Oc1ccc(Nc2nncc(Nc3c(Cl)cccc3Cl)n2)cc1. The molecule has 0 aliphatic heterocycles. The fourth-order valence-electron chi connectivity index (χ4n) is 2.18. The van der Waals surface area contributed by atoms with Crippen molar-refractivity contribution in [2.75, 3.05) is 10.6 Å². The Balaban J connectivity index is 1.73. The highest BCUT2D eigenvalue weighted by molar-refractivity contribution is 6.39. The molecule has 1 aromatic heterocycles. The molecule has 26 heavy (non-hydrogen) atoms. The summed E-state index contributed by atoms with van der Waals surface area (Å²) >= 11 is 12.3. The Morgan fingerprint density at radius 3 is 2.31 bits per heavy atom. The number of nitrogens with one attached hydrogen (secondary N) is 2. The molecule has 0 fully saturated rings. The summed E-state index contributed by atoms with van der Waals surface area (Å²) in [5.41, 5.74) is 1.38. The third-order valence-corrected chi connectivity index (χ3v) is 3.89. The fourth-order valence-corrected chi connectivity index (χ4v) is 2.67. The topological polar surface area (TPSA) is 72.0 Å². The van der Waals surface area contributed by atoms with Crippen LogP contribution in [0.5, 0.6) is 5.75 Å². The number of rotatable bonds is 6. The number of ether oxygens (including phenoxy) is 1. The molecule has 6 nitrogen and oxygen atoms in total. The highest BCUT2D eigenvalue weighted by Gasteiger charge is 2.08. The number of hydrogen-bond donors (Lipinski definition) is 2. The van der Waals surface area contributed by atoms with E-state index >= 15 is 0 Å². The minimum absolute atomic E-state index is 0.126. The molecule has 0 unspecified atom stereocenters. The molecular formula is C18H17Cl2N5O. The maximum Gasteiger partial charge on any atom is 0.249 e. The van der Waals surface area contributed by atoms with Crippen LogP contribution in [0.1, 0.15) is 13.8 Å². The van der Waals surface area contributed by atoms with E-state index in [4.69, 9.17) is 27.9 Å². The standard InChI is InChI=1S/C18H17Cl2N5O/c1-11(2)26-13-8-6-12(7-9-13)22-18-24-16(10-21-25-18)23-17-14(19)4-3-5-15(17)20/h3-11H,1-2H3,(H2,22,23,24,25). The zero-order valence-electron chi connectivity index (χ0n) is 14.2. The van der Waals surface area contributed by atoms with E-state index in [2.05, 4.69) is 25.8 Å². The number of halogens is 2. The van der Waals surface area contributed by atoms with Gasteiger partial charge in [-0.15, -0.1) is 5.10 Å². The lowest BCUT2D eigenvalue weighted by molar-refractivity contribution is 0.242. The van der Waals surface area contributed by atoms with Gasteiger partial charge in [0.05, 0.1) is 28.0 Å². The maximum absolute atomic E-state index is 6.16. The van der Waals surface area contributed by atoms with Gasteiger partial charge in [-0.05, 0) is 50.2 Å². The summed E-state index contributed by atoms with van der Waals surface area (Å²) in [4.78, 5) is 4.37. The first-order valence-electron chi connectivity index (χ1n) is 7.96. The second-order valence-electron chi connectivity index (χ2n) is 5.70. The van der Waals surface area contributed by atoms with Gasteiger partial charge in [0.1, 0.15) is 5.75 Å². The van der Waals surface area contributed by atoms with Gasteiger partial charge < -0.3 is 15.4 Å². The molecule has 0 radical (unpaired) electrons. The van der Waals surface area contributed by atoms with E-state index in [0.717, 1.165) is 11.4 Å². The Kier molecular flexibility index (Phi) is 5.75. The fraction of sp³-hybridized carbons (Fsp3) is 0.167. The third-order valence-electron chi connectivity index (χ3n) is 3.26. The van der Waals surface area contributed by atoms with Crippen molar-refractivity contribution in [3.8, 4) is 5.75 Å². The van der Waals surface area contributed by atoms with Gasteiger partial charge in [-0.25, -0.2) is 0 Å². The van der Waals surface area contributed by atoms with Crippen molar-refractivity contribution >= 4 is 46.3 Å². The van der Waals surface area contributed by atoms with Crippen molar-refractivity contribution in [1.82, 2.24) is 15.2 Å². The molecule has 0 saturated heterocycles. The molecule has 0 aliphatic carbocycles. The average molecular weight is 390 g/mol. The molecule has 1 heterocycles. The molecular weight excluding hydrogens is 373 g/mol. The summed E-state index contributed by atoms with van der Waals surface area (Å²) in [5.74, 6) is 1.61. The van der Waals surface area contributed by atoms with E-state index in [9.17, 15) is 0 Å². The minimum atomic E-state index is 0.126. The smallest absolute Gasteiger partial charge is 0.249 e. The van der Waals surface area contributed by atoms with Crippen molar-refractivity contribution in [2.24, 2.45) is 0 Å². The van der Waals surface area contributed by atoms with Gasteiger partial charge in [0.2, 0.25) is 5.95 Å². The number of anilines is 4. The molecule has 0 amide bonds. The van der Waals surface area contributed by atoms with Crippen LogP contribution in [0.25, 0.3) is 0 Å². The van der Waals surface area contributed by atoms with Gasteiger partial charge in [-0.2, -0.15) is 10.1 Å². The molecule has 0 spiro atoms. The second kappa shape index (κ2) is 8.21. The molecule has 0 atom stereocenters. The van der Waals surface area contributed by atoms with Crippen LogP contribution < -0.4 is 15.4 Å². The van der Waals surface area contributed by atoms with E-state index in [0.29, 0.717) is 27.5 Å². The van der Waals surface area contributed by atoms with Crippen LogP contribution in [0, 0.1) is 0 Å². The van der Waals surface area contributed by atoms with Gasteiger partial charge in [0.15, 0.2) is 5.82 Å². The quantitative estimate of drug-likeness (QED) is 0.583. The Morgan fingerprint density at radius 1 is 0.962 bits per heavy atom. The largest absolute Gasteiger partial charge is 0.491 e. The maximum atomic E-state index is 6.16. The van der Waals surface area contributed by atoms with Crippen LogP contribution in [0.3, 0.4) is 0 Å². The number of hydrogen-bond acceptors (Lipinski definition) is 6. The minimum Gasteiger partial charge on any atom is -0.491 e. The number of para-hydroxylation sites is 1. The summed E-state index contributed by atoms with van der Waals surface area (Å²) in [6.45, 7) is 3.96.